The number of fused-ring (bicyclic) bond motifs is 10. The van der Waals surface area contributed by atoms with E-state index in [0.29, 0.717) is 24.2 Å². The van der Waals surface area contributed by atoms with Crippen molar-refractivity contribution in [3.63, 3.8) is 0 Å². The van der Waals surface area contributed by atoms with E-state index in [2.05, 4.69) is 21.3 Å². The lowest BCUT2D eigenvalue weighted by Crippen LogP contribution is -2.59. The highest BCUT2D eigenvalue weighted by Gasteiger charge is 2.37. The van der Waals surface area contributed by atoms with Gasteiger partial charge in [0.25, 0.3) is 0 Å². The molecule has 0 saturated heterocycles. The largest absolute Gasteiger partial charge is 0.483 e. The van der Waals surface area contributed by atoms with Gasteiger partial charge in [-0.05, 0) is 54.3 Å². The first kappa shape index (κ1) is 29.6. The van der Waals surface area contributed by atoms with Gasteiger partial charge in [0.15, 0.2) is 6.10 Å². The van der Waals surface area contributed by atoms with Crippen LogP contribution >= 0.6 is 0 Å². The zero-order chi connectivity index (χ0) is 29.2. The minimum atomic E-state index is -1.14. The van der Waals surface area contributed by atoms with Gasteiger partial charge in [-0.15, -0.1) is 0 Å². The second-order valence-electron chi connectivity index (χ2n) is 10.2. The Kier molecular flexibility index (Phi) is 10.3. The van der Waals surface area contributed by atoms with Crippen LogP contribution in [0.3, 0.4) is 0 Å². The molecular weight excluding hydrogens is 516 g/mol. The summed E-state index contributed by atoms with van der Waals surface area (Å²) in [5.41, 5.74) is 2.56. The van der Waals surface area contributed by atoms with E-state index in [4.69, 9.17) is 4.74 Å². The van der Waals surface area contributed by atoms with Crippen molar-refractivity contribution in [3.8, 4) is 5.75 Å². The maximum absolute atomic E-state index is 14.1. The van der Waals surface area contributed by atoms with Gasteiger partial charge in [-0.2, -0.15) is 0 Å². The van der Waals surface area contributed by atoms with E-state index in [1.807, 2.05) is 86.6 Å². The van der Waals surface area contributed by atoms with Gasteiger partial charge >= 0.3 is 0 Å². The van der Waals surface area contributed by atoms with Crippen LogP contribution in [0, 0.1) is 5.92 Å². The maximum Gasteiger partial charge on any atom is 0.247 e. The molecule has 5 atom stereocenters. The summed E-state index contributed by atoms with van der Waals surface area (Å²) in [6.45, 7) is 3.87. The lowest BCUT2D eigenvalue weighted by molar-refractivity contribution is -0.135. The monoisotopic (exact) mass is 554 g/mol. The van der Waals surface area contributed by atoms with Crippen LogP contribution in [0.25, 0.3) is 6.08 Å². The first-order chi connectivity index (χ1) is 19.9. The molecule has 3 aromatic rings. The molecule has 2 aliphatic heterocycles. The molecule has 214 valence electrons. The summed E-state index contributed by atoms with van der Waals surface area (Å²) < 4.78 is 6.44. The number of ether oxygens (including phenoxy) is 1. The molecule has 3 aromatic carbocycles. The zero-order valence-electron chi connectivity index (χ0n) is 23.7. The third-order valence-electron chi connectivity index (χ3n) is 7.40. The molecule has 0 saturated carbocycles. The van der Waals surface area contributed by atoms with Crippen LogP contribution in [0.5, 0.6) is 5.75 Å². The molecule has 5 unspecified atom stereocenters. The average Bonchev–Trinajstić information content (AvgIpc) is 3.01. The van der Waals surface area contributed by atoms with Crippen LogP contribution in [0.1, 0.15) is 43.1 Å². The smallest absolute Gasteiger partial charge is 0.247 e. The molecule has 5 rings (SSSR count). The van der Waals surface area contributed by atoms with Gasteiger partial charge in [-0.3, -0.25) is 14.4 Å². The number of hydrogen-bond acceptors (Lipinski definition) is 5. The van der Waals surface area contributed by atoms with Crippen LogP contribution < -0.4 is 26.0 Å². The highest BCUT2D eigenvalue weighted by Crippen LogP contribution is 2.27. The van der Waals surface area contributed by atoms with Gasteiger partial charge in [-0.1, -0.05) is 93.1 Å². The molecule has 0 spiro atoms. The molecule has 0 radical (unpaired) electrons. The highest BCUT2D eigenvalue weighted by molar-refractivity contribution is 5.94. The standard InChI is InChI=1S/C33H38N4O4/c1-4-22(2)28-32(39)35-20-19-23-15-17-26(18-16-23)41-30(25-13-9-6-10-14-25)29(33(40)36-28)37-31(38)27(34-3)21-24-11-7-5-8-12-24/h5-20,22,27-30,34H,4,21H2,1-3H3,(H,35,39)(H,36,40)(H,37,38). The summed E-state index contributed by atoms with van der Waals surface area (Å²) in [5, 5.41) is 11.8. The van der Waals surface area contributed by atoms with Crippen molar-refractivity contribution in [3.05, 3.63) is 108 Å². The van der Waals surface area contributed by atoms with E-state index in [-0.39, 0.29) is 17.7 Å². The summed E-state index contributed by atoms with van der Waals surface area (Å²) in [4.78, 5) is 41.0. The fraction of sp³-hybridized carbons (Fsp3) is 0.303. The lowest BCUT2D eigenvalue weighted by atomic mass is 9.95. The van der Waals surface area contributed by atoms with Crippen molar-refractivity contribution in [1.29, 1.82) is 0 Å². The molecule has 41 heavy (non-hydrogen) atoms. The number of amides is 3. The molecule has 0 fully saturated rings. The topological polar surface area (TPSA) is 109 Å². The minimum absolute atomic E-state index is 0.158. The molecule has 2 aliphatic rings. The molecule has 0 aromatic heterocycles. The van der Waals surface area contributed by atoms with E-state index < -0.39 is 30.1 Å². The summed E-state index contributed by atoms with van der Waals surface area (Å²) >= 11 is 0. The number of rotatable bonds is 8. The van der Waals surface area contributed by atoms with Crippen molar-refractivity contribution < 1.29 is 19.1 Å². The highest BCUT2D eigenvalue weighted by atomic mass is 16.5. The zero-order valence-corrected chi connectivity index (χ0v) is 23.7. The summed E-state index contributed by atoms with van der Waals surface area (Å²) in [6, 6.07) is 23.7. The van der Waals surface area contributed by atoms with Crippen molar-refractivity contribution in [2.45, 2.75) is 50.9 Å². The molecule has 2 heterocycles. The summed E-state index contributed by atoms with van der Waals surface area (Å²) in [6.07, 6.45) is 3.57. The van der Waals surface area contributed by atoms with E-state index in [1.54, 1.807) is 31.5 Å². The maximum atomic E-state index is 14.1. The van der Waals surface area contributed by atoms with Crippen LogP contribution in [-0.2, 0) is 20.8 Å². The fourth-order valence-electron chi connectivity index (χ4n) is 4.74. The number of carbonyl (C=O) groups is 3. The number of nitrogens with one attached hydrogen (secondary N) is 4. The molecule has 8 heteroatoms. The van der Waals surface area contributed by atoms with Crippen molar-refractivity contribution in [1.82, 2.24) is 21.3 Å². The van der Waals surface area contributed by atoms with Gasteiger partial charge in [0.1, 0.15) is 17.8 Å². The second-order valence-corrected chi connectivity index (χ2v) is 10.2. The Morgan fingerprint density at radius 3 is 2.22 bits per heavy atom. The van der Waals surface area contributed by atoms with Gasteiger partial charge in [0, 0.05) is 6.20 Å². The van der Waals surface area contributed by atoms with Crippen LogP contribution in [0.4, 0.5) is 0 Å². The Labute approximate surface area is 241 Å². The first-order valence-corrected chi connectivity index (χ1v) is 14.0. The first-order valence-electron chi connectivity index (χ1n) is 14.0. The van der Waals surface area contributed by atoms with Gasteiger partial charge in [-0.25, -0.2) is 0 Å². The lowest BCUT2D eigenvalue weighted by Gasteiger charge is -2.32. The van der Waals surface area contributed by atoms with E-state index in [9.17, 15) is 14.4 Å². The second kappa shape index (κ2) is 14.3. The predicted molar refractivity (Wildman–Crippen MR) is 160 cm³/mol. The Bertz CT molecular complexity index is 1330. The van der Waals surface area contributed by atoms with E-state index in [0.717, 1.165) is 11.1 Å². The van der Waals surface area contributed by atoms with E-state index >= 15 is 0 Å². The molecule has 3 amide bonds. The summed E-state index contributed by atoms with van der Waals surface area (Å²) in [7, 11) is 1.71. The van der Waals surface area contributed by atoms with Crippen molar-refractivity contribution in [2.75, 3.05) is 7.05 Å². The van der Waals surface area contributed by atoms with E-state index in [1.165, 1.54) is 0 Å². The molecule has 8 nitrogen and oxygen atoms in total. The van der Waals surface area contributed by atoms with Crippen molar-refractivity contribution >= 4 is 23.8 Å². The van der Waals surface area contributed by atoms with Gasteiger partial charge in [0.2, 0.25) is 17.7 Å². The molecule has 2 bridgehead atoms. The third kappa shape index (κ3) is 7.83. The van der Waals surface area contributed by atoms with Crippen LogP contribution in [-0.4, -0.2) is 42.9 Å². The SMILES string of the molecule is CCC(C)C1NC(=O)C(NC(=O)C(Cc2ccccc2)NC)C(c2ccccc2)Oc2ccc(cc2)C=CNC1=O. The molecule has 0 aliphatic carbocycles. The number of likely N-dealkylation sites (N-methyl/N-ethyl adjacent to an activating group) is 1. The Morgan fingerprint density at radius 2 is 1.59 bits per heavy atom. The Balaban J connectivity index is 1.75. The molecule has 4 N–H and O–H groups in total. The number of hydrogen-bond donors (Lipinski definition) is 4. The minimum Gasteiger partial charge on any atom is -0.483 e. The Hall–Kier alpha value is -4.43. The average molecular weight is 555 g/mol. The van der Waals surface area contributed by atoms with Crippen molar-refractivity contribution in [2.24, 2.45) is 5.92 Å². The fourth-order valence-corrected chi connectivity index (χ4v) is 4.74. The van der Waals surface area contributed by atoms with Crippen LogP contribution in [0.2, 0.25) is 0 Å². The number of carbonyl (C=O) groups excluding carboxylic acids is 3. The van der Waals surface area contributed by atoms with Crippen LogP contribution in [0.15, 0.2) is 91.1 Å². The van der Waals surface area contributed by atoms with Gasteiger partial charge < -0.3 is 26.0 Å². The number of benzene rings is 3. The predicted octanol–water partition coefficient (Wildman–Crippen LogP) is 3.75. The quantitative estimate of drug-likeness (QED) is 0.339. The normalized spacial score (nSPS) is 20.6. The summed E-state index contributed by atoms with van der Waals surface area (Å²) in [5.74, 6) is -0.826. The third-order valence-corrected chi connectivity index (χ3v) is 7.40. The molecular formula is C33H38N4O4. The van der Waals surface area contributed by atoms with Gasteiger partial charge in [0.05, 0.1) is 6.04 Å². The Morgan fingerprint density at radius 1 is 0.927 bits per heavy atom.